The Labute approximate surface area is 295 Å². The van der Waals surface area contributed by atoms with Gasteiger partial charge in [0, 0.05) is 34.1 Å². The van der Waals surface area contributed by atoms with Crippen LogP contribution in [0.25, 0.3) is 50.1 Å². The quantitative estimate of drug-likeness (QED) is 0.168. The lowest BCUT2D eigenvalue weighted by Gasteiger charge is -2.28. The third-order valence-electron chi connectivity index (χ3n) is 8.32. The first kappa shape index (κ1) is 33.6. The molecule has 50 heavy (non-hydrogen) atoms. The lowest BCUT2D eigenvalue weighted by molar-refractivity contribution is 1.10. The van der Waals surface area contributed by atoms with Gasteiger partial charge in [0.05, 0.1) is 39.3 Å². The predicted molar refractivity (Wildman–Crippen MR) is 214 cm³/mol. The van der Waals surface area contributed by atoms with E-state index in [0.717, 1.165) is 56.3 Å². The van der Waals surface area contributed by atoms with Crippen molar-refractivity contribution in [1.29, 1.82) is 0 Å². The Bertz CT molecular complexity index is 2320. The number of rotatable bonds is 6. The molecule has 0 amide bonds. The largest absolute Gasteiger partial charge is 0.314 e. The van der Waals surface area contributed by atoms with Crippen LogP contribution in [0.15, 0.2) is 177 Å². The van der Waals surface area contributed by atoms with Gasteiger partial charge in [-0.15, -0.1) is 6.58 Å². The van der Waals surface area contributed by atoms with Gasteiger partial charge in [-0.2, -0.15) is 0 Å². The average Bonchev–Trinajstić information content (AvgIpc) is 3.52. The Balaban J connectivity index is 0.000000822. The molecule has 8 aromatic rings. The van der Waals surface area contributed by atoms with Gasteiger partial charge in [-0.05, 0) is 74.0 Å². The summed E-state index contributed by atoms with van der Waals surface area (Å²) in [7, 11) is 0. The Morgan fingerprint density at radius 2 is 1.04 bits per heavy atom. The first-order chi connectivity index (χ1) is 24.7. The SMILES string of the molecule is C=CC.CC.Cc1cn(-c2ccccc2N(c2ccccc2)c2ccc(-c3nc4ccccc4nc3-c3ccccc3)cc2)c2ccccc12. The molecule has 4 nitrogen and oxygen atoms in total. The van der Waals surface area contributed by atoms with Crippen LogP contribution in [-0.4, -0.2) is 14.5 Å². The van der Waals surface area contributed by atoms with E-state index in [-0.39, 0.29) is 0 Å². The van der Waals surface area contributed by atoms with E-state index in [2.05, 4.69) is 144 Å². The number of fused-ring (bicyclic) bond motifs is 2. The highest BCUT2D eigenvalue weighted by atomic mass is 15.2. The molecule has 0 saturated heterocycles. The molecule has 2 aromatic heterocycles. The minimum Gasteiger partial charge on any atom is -0.314 e. The van der Waals surface area contributed by atoms with Crippen molar-refractivity contribution in [2.75, 3.05) is 4.90 Å². The van der Waals surface area contributed by atoms with Crippen molar-refractivity contribution in [3.8, 4) is 28.2 Å². The summed E-state index contributed by atoms with van der Waals surface area (Å²) in [6.07, 6.45) is 3.99. The number of anilines is 3. The smallest absolute Gasteiger partial charge is 0.0973 e. The summed E-state index contributed by atoms with van der Waals surface area (Å²) in [6, 6.07) is 54.8. The van der Waals surface area contributed by atoms with E-state index < -0.39 is 0 Å². The topological polar surface area (TPSA) is 34.0 Å². The van der Waals surface area contributed by atoms with Gasteiger partial charge in [-0.1, -0.05) is 123 Å². The fourth-order valence-corrected chi connectivity index (χ4v) is 6.18. The van der Waals surface area contributed by atoms with Gasteiger partial charge < -0.3 is 9.47 Å². The third kappa shape index (κ3) is 6.83. The molecule has 6 aromatic carbocycles. The van der Waals surface area contributed by atoms with Gasteiger partial charge in [0.15, 0.2) is 0 Å². The average molecular weight is 651 g/mol. The van der Waals surface area contributed by atoms with Crippen LogP contribution in [0.2, 0.25) is 0 Å². The van der Waals surface area contributed by atoms with Crippen LogP contribution in [0.4, 0.5) is 17.1 Å². The fourth-order valence-electron chi connectivity index (χ4n) is 6.18. The molecule has 0 spiro atoms. The van der Waals surface area contributed by atoms with Crippen LogP contribution < -0.4 is 4.90 Å². The van der Waals surface area contributed by atoms with Crippen molar-refractivity contribution in [1.82, 2.24) is 14.5 Å². The number of para-hydroxylation sites is 6. The molecule has 0 fully saturated rings. The van der Waals surface area contributed by atoms with Gasteiger partial charge in [0.1, 0.15) is 0 Å². The molecule has 246 valence electrons. The van der Waals surface area contributed by atoms with E-state index in [1.165, 1.54) is 16.5 Å². The number of hydrogen-bond donors (Lipinski definition) is 0. The van der Waals surface area contributed by atoms with Crippen LogP contribution in [0.1, 0.15) is 26.3 Å². The predicted octanol–water partition coefficient (Wildman–Crippen LogP) is 12.9. The highest BCUT2D eigenvalue weighted by Gasteiger charge is 2.19. The van der Waals surface area contributed by atoms with Crippen molar-refractivity contribution in [2.24, 2.45) is 0 Å². The van der Waals surface area contributed by atoms with Crippen molar-refractivity contribution < 1.29 is 0 Å². The summed E-state index contributed by atoms with van der Waals surface area (Å²) in [6.45, 7) is 11.4. The molecular weight excluding hydrogens is 609 g/mol. The molecular formula is C46H42N4. The third-order valence-corrected chi connectivity index (χ3v) is 8.32. The normalized spacial score (nSPS) is 10.5. The van der Waals surface area contributed by atoms with Crippen molar-refractivity contribution >= 4 is 39.0 Å². The summed E-state index contributed by atoms with van der Waals surface area (Å²) < 4.78 is 2.31. The van der Waals surface area contributed by atoms with E-state index in [0.29, 0.717) is 0 Å². The summed E-state index contributed by atoms with van der Waals surface area (Å²) in [5.41, 5.74) is 12.4. The molecule has 0 bridgehead atoms. The minimum atomic E-state index is 0.868. The zero-order valence-electron chi connectivity index (χ0n) is 29.2. The Hall–Kier alpha value is -6.26. The molecule has 0 atom stereocenters. The maximum Gasteiger partial charge on any atom is 0.0973 e. The molecule has 4 heteroatoms. The first-order valence-electron chi connectivity index (χ1n) is 17.2. The molecule has 2 heterocycles. The van der Waals surface area contributed by atoms with E-state index in [1.807, 2.05) is 63.2 Å². The maximum atomic E-state index is 5.12. The van der Waals surface area contributed by atoms with Crippen molar-refractivity contribution in [2.45, 2.75) is 27.7 Å². The van der Waals surface area contributed by atoms with E-state index >= 15 is 0 Å². The van der Waals surface area contributed by atoms with Gasteiger partial charge in [-0.3, -0.25) is 0 Å². The molecule has 0 aliphatic carbocycles. The maximum absolute atomic E-state index is 5.12. The lowest BCUT2D eigenvalue weighted by atomic mass is 10.0. The van der Waals surface area contributed by atoms with E-state index in [1.54, 1.807) is 6.08 Å². The minimum absolute atomic E-state index is 0.868. The number of aromatic nitrogens is 3. The highest BCUT2D eigenvalue weighted by Crippen LogP contribution is 2.40. The van der Waals surface area contributed by atoms with E-state index in [9.17, 15) is 0 Å². The number of nitrogens with zero attached hydrogens (tertiary/aromatic N) is 4. The Kier molecular flexibility index (Phi) is 10.6. The summed E-state index contributed by atoms with van der Waals surface area (Å²) in [4.78, 5) is 12.5. The number of aryl methyl sites for hydroxylation is 1. The lowest BCUT2D eigenvalue weighted by Crippen LogP contribution is -2.12. The van der Waals surface area contributed by atoms with Crippen LogP contribution in [0.3, 0.4) is 0 Å². The molecule has 0 radical (unpaired) electrons. The monoisotopic (exact) mass is 650 g/mol. The van der Waals surface area contributed by atoms with Crippen molar-refractivity contribution in [3.05, 3.63) is 182 Å². The zero-order chi connectivity index (χ0) is 34.9. The number of hydrogen-bond acceptors (Lipinski definition) is 3. The summed E-state index contributed by atoms with van der Waals surface area (Å²) >= 11 is 0. The number of benzene rings is 6. The molecule has 0 aliphatic rings. The molecule has 0 N–H and O–H groups in total. The fraction of sp³-hybridized carbons (Fsp3) is 0.0870. The van der Waals surface area contributed by atoms with Crippen LogP contribution in [-0.2, 0) is 0 Å². The first-order valence-corrected chi connectivity index (χ1v) is 17.2. The standard InChI is InChI=1S/C41H30N4.C3H6.C2H6/c1-29-28-44(37-21-11-8-18-34(29)37)38-22-12-13-23-39(38)45(32-16-6-3-7-17-32)33-26-24-31(25-27-33)41-40(30-14-4-2-5-15-30)42-35-19-9-10-20-36(35)43-41;1-3-2;1-2/h2-28H,1H3;3H,1H2,2H3;1-2H3. The van der Waals surface area contributed by atoms with Gasteiger partial charge in [-0.25, -0.2) is 9.97 Å². The van der Waals surface area contributed by atoms with Gasteiger partial charge in [0.2, 0.25) is 0 Å². The molecule has 0 saturated carbocycles. The molecule has 0 unspecified atom stereocenters. The van der Waals surface area contributed by atoms with Gasteiger partial charge >= 0.3 is 0 Å². The number of allylic oxidation sites excluding steroid dienone is 1. The Morgan fingerprint density at radius 1 is 0.560 bits per heavy atom. The Morgan fingerprint density at radius 3 is 1.68 bits per heavy atom. The van der Waals surface area contributed by atoms with Crippen molar-refractivity contribution in [3.63, 3.8) is 0 Å². The second kappa shape index (κ2) is 15.8. The van der Waals surface area contributed by atoms with Crippen LogP contribution in [0, 0.1) is 6.92 Å². The van der Waals surface area contributed by atoms with E-state index in [4.69, 9.17) is 9.97 Å². The summed E-state index contributed by atoms with van der Waals surface area (Å²) in [5.74, 6) is 0. The van der Waals surface area contributed by atoms with Crippen LogP contribution in [0.5, 0.6) is 0 Å². The second-order valence-electron chi connectivity index (χ2n) is 11.6. The van der Waals surface area contributed by atoms with Crippen LogP contribution >= 0.6 is 0 Å². The second-order valence-corrected chi connectivity index (χ2v) is 11.6. The summed E-state index contributed by atoms with van der Waals surface area (Å²) in [5, 5.41) is 1.26. The molecule has 8 rings (SSSR count). The zero-order valence-corrected chi connectivity index (χ0v) is 29.2. The van der Waals surface area contributed by atoms with Gasteiger partial charge in [0.25, 0.3) is 0 Å². The highest BCUT2D eigenvalue weighted by molar-refractivity contribution is 5.90. The molecule has 0 aliphatic heterocycles.